The first-order valence-electron chi connectivity index (χ1n) is 5.40. The standard InChI is InChI=1S/C11H16N4/c1(2-8-14-10-4-6-12-14)3-9-15-11-5-7-13-15/h4-7,10-11H,1-3,8-9H2. The molecule has 15 heavy (non-hydrogen) atoms. The smallest absolute Gasteiger partial charge is 0.0489 e. The Hall–Kier alpha value is -1.58. The van der Waals surface area contributed by atoms with E-state index in [-0.39, 0.29) is 0 Å². The van der Waals surface area contributed by atoms with Crippen LogP contribution in [0.15, 0.2) is 36.9 Å². The summed E-state index contributed by atoms with van der Waals surface area (Å²) in [6, 6.07) is 3.92. The first-order valence-corrected chi connectivity index (χ1v) is 5.40. The Balaban J connectivity index is 1.56. The highest BCUT2D eigenvalue weighted by atomic mass is 15.3. The van der Waals surface area contributed by atoms with Gasteiger partial charge in [-0.05, 0) is 31.4 Å². The highest BCUT2D eigenvalue weighted by molar-refractivity contribution is 4.78. The van der Waals surface area contributed by atoms with Crippen molar-refractivity contribution in [2.24, 2.45) is 0 Å². The molecule has 80 valence electrons. The third-order valence-electron chi connectivity index (χ3n) is 2.39. The number of aromatic nitrogens is 4. The summed E-state index contributed by atoms with van der Waals surface area (Å²) >= 11 is 0. The number of aryl methyl sites for hydroxylation is 2. The van der Waals surface area contributed by atoms with Crippen LogP contribution in [0.5, 0.6) is 0 Å². The molecule has 0 spiro atoms. The Morgan fingerprint density at radius 1 is 0.733 bits per heavy atom. The molecule has 0 aliphatic heterocycles. The molecule has 4 nitrogen and oxygen atoms in total. The maximum Gasteiger partial charge on any atom is 0.0489 e. The zero-order valence-electron chi connectivity index (χ0n) is 8.79. The summed E-state index contributed by atoms with van der Waals surface area (Å²) in [4.78, 5) is 0. The fourth-order valence-electron chi connectivity index (χ4n) is 1.59. The van der Waals surface area contributed by atoms with Crippen LogP contribution in [0.2, 0.25) is 0 Å². The average molecular weight is 204 g/mol. The molecule has 0 radical (unpaired) electrons. The Morgan fingerprint density at radius 2 is 1.27 bits per heavy atom. The van der Waals surface area contributed by atoms with Crippen molar-refractivity contribution in [3.8, 4) is 0 Å². The third kappa shape index (κ3) is 3.23. The minimum absolute atomic E-state index is 1.02. The van der Waals surface area contributed by atoms with Crippen molar-refractivity contribution in [3.05, 3.63) is 36.9 Å². The monoisotopic (exact) mass is 204 g/mol. The molecule has 0 aromatic carbocycles. The molecule has 0 aliphatic carbocycles. The van der Waals surface area contributed by atoms with Crippen molar-refractivity contribution >= 4 is 0 Å². The van der Waals surface area contributed by atoms with Gasteiger partial charge in [0.05, 0.1) is 0 Å². The summed E-state index contributed by atoms with van der Waals surface area (Å²) in [6.07, 6.45) is 11.3. The SMILES string of the molecule is c1cnn(CCCCCn2cccn2)c1. The van der Waals surface area contributed by atoms with Crippen LogP contribution in [0.25, 0.3) is 0 Å². The van der Waals surface area contributed by atoms with Gasteiger partial charge in [-0.15, -0.1) is 0 Å². The van der Waals surface area contributed by atoms with E-state index in [1.807, 2.05) is 46.3 Å². The van der Waals surface area contributed by atoms with E-state index in [1.54, 1.807) is 0 Å². The molecule has 4 heteroatoms. The number of nitrogens with zero attached hydrogens (tertiary/aromatic N) is 4. The van der Waals surface area contributed by atoms with Crippen molar-refractivity contribution < 1.29 is 0 Å². The Morgan fingerprint density at radius 3 is 1.67 bits per heavy atom. The van der Waals surface area contributed by atoms with Crippen molar-refractivity contribution in [2.75, 3.05) is 0 Å². The molecule has 2 aromatic heterocycles. The molecule has 2 heterocycles. The van der Waals surface area contributed by atoms with Gasteiger partial charge in [-0.1, -0.05) is 0 Å². The number of rotatable bonds is 6. The Labute approximate surface area is 89.5 Å². The predicted octanol–water partition coefficient (Wildman–Crippen LogP) is 1.95. The quantitative estimate of drug-likeness (QED) is 0.674. The number of hydrogen-bond acceptors (Lipinski definition) is 2. The van der Waals surface area contributed by atoms with Crippen LogP contribution in [0.4, 0.5) is 0 Å². The summed E-state index contributed by atoms with van der Waals surface area (Å²) in [6.45, 7) is 2.04. The van der Waals surface area contributed by atoms with E-state index in [2.05, 4.69) is 10.2 Å². The molecule has 0 unspecified atom stereocenters. The fourth-order valence-corrected chi connectivity index (χ4v) is 1.59. The Kier molecular flexibility index (Phi) is 3.54. The fraction of sp³-hybridized carbons (Fsp3) is 0.455. The van der Waals surface area contributed by atoms with Gasteiger partial charge in [-0.3, -0.25) is 9.36 Å². The van der Waals surface area contributed by atoms with E-state index in [9.17, 15) is 0 Å². The van der Waals surface area contributed by atoms with Crippen LogP contribution >= 0.6 is 0 Å². The molecular weight excluding hydrogens is 188 g/mol. The summed E-state index contributed by atoms with van der Waals surface area (Å²) in [5, 5.41) is 8.33. The minimum Gasteiger partial charge on any atom is -0.273 e. The van der Waals surface area contributed by atoms with Crippen molar-refractivity contribution in [3.63, 3.8) is 0 Å². The molecular formula is C11H16N4. The van der Waals surface area contributed by atoms with E-state index in [4.69, 9.17) is 0 Å². The number of unbranched alkanes of at least 4 members (excludes halogenated alkanes) is 2. The molecule has 0 bridgehead atoms. The van der Waals surface area contributed by atoms with Gasteiger partial charge in [-0.25, -0.2) is 0 Å². The zero-order valence-corrected chi connectivity index (χ0v) is 8.79. The lowest BCUT2D eigenvalue weighted by Crippen LogP contribution is -2.01. The molecule has 0 saturated carbocycles. The van der Waals surface area contributed by atoms with Gasteiger partial charge in [0.15, 0.2) is 0 Å². The van der Waals surface area contributed by atoms with Gasteiger partial charge in [0.2, 0.25) is 0 Å². The summed E-state index contributed by atoms with van der Waals surface area (Å²) < 4.78 is 3.96. The largest absolute Gasteiger partial charge is 0.273 e. The van der Waals surface area contributed by atoms with Gasteiger partial charge >= 0.3 is 0 Å². The summed E-state index contributed by atoms with van der Waals surface area (Å²) in [7, 11) is 0. The van der Waals surface area contributed by atoms with Crippen molar-refractivity contribution in [1.29, 1.82) is 0 Å². The lowest BCUT2D eigenvalue weighted by Gasteiger charge is -2.02. The van der Waals surface area contributed by atoms with Crippen LogP contribution in [0.1, 0.15) is 19.3 Å². The van der Waals surface area contributed by atoms with E-state index in [0.29, 0.717) is 0 Å². The maximum absolute atomic E-state index is 4.16. The second kappa shape index (κ2) is 5.34. The second-order valence-electron chi connectivity index (χ2n) is 3.60. The van der Waals surface area contributed by atoms with Gasteiger partial charge in [0.25, 0.3) is 0 Å². The summed E-state index contributed by atoms with van der Waals surface area (Å²) in [5.41, 5.74) is 0. The Bertz CT molecular complexity index is 314. The van der Waals surface area contributed by atoms with E-state index >= 15 is 0 Å². The lowest BCUT2D eigenvalue weighted by atomic mass is 10.2. The second-order valence-corrected chi connectivity index (χ2v) is 3.60. The molecule has 0 atom stereocenters. The normalized spacial score (nSPS) is 10.7. The first-order chi connectivity index (χ1) is 7.45. The minimum atomic E-state index is 1.02. The predicted molar refractivity (Wildman–Crippen MR) is 58.3 cm³/mol. The van der Waals surface area contributed by atoms with Gasteiger partial charge < -0.3 is 0 Å². The van der Waals surface area contributed by atoms with E-state index in [0.717, 1.165) is 13.1 Å². The van der Waals surface area contributed by atoms with Crippen LogP contribution in [0.3, 0.4) is 0 Å². The van der Waals surface area contributed by atoms with Gasteiger partial charge in [0.1, 0.15) is 0 Å². The van der Waals surface area contributed by atoms with Crippen LogP contribution in [-0.4, -0.2) is 19.6 Å². The first kappa shape index (κ1) is 9.96. The van der Waals surface area contributed by atoms with Crippen LogP contribution in [-0.2, 0) is 13.1 Å². The summed E-state index contributed by atoms with van der Waals surface area (Å²) in [5.74, 6) is 0. The van der Waals surface area contributed by atoms with Crippen LogP contribution < -0.4 is 0 Å². The maximum atomic E-state index is 4.16. The third-order valence-corrected chi connectivity index (χ3v) is 2.39. The van der Waals surface area contributed by atoms with Gasteiger partial charge in [0, 0.05) is 37.9 Å². The van der Waals surface area contributed by atoms with Gasteiger partial charge in [-0.2, -0.15) is 10.2 Å². The molecule has 0 saturated heterocycles. The van der Waals surface area contributed by atoms with Crippen LogP contribution in [0, 0.1) is 0 Å². The highest BCUT2D eigenvalue weighted by Gasteiger charge is 1.93. The zero-order chi connectivity index (χ0) is 10.3. The molecule has 0 N–H and O–H groups in total. The molecule has 2 rings (SSSR count). The molecule has 2 aromatic rings. The molecule has 0 fully saturated rings. The highest BCUT2D eigenvalue weighted by Crippen LogP contribution is 2.00. The molecule has 0 aliphatic rings. The lowest BCUT2D eigenvalue weighted by molar-refractivity contribution is 0.501. The van der Waals surface area contributed by atoms with E-state index in [1.165, 1.54) is 19.3 Å². The topological polar surface area (TPSA) is 35.6 Å². The van der Waals surface area contributed by atoms with E-state index < -0.39 is 0 Å². The molecule has 0 amide bonds. The average Bonchev–Trinajstić information content (AvgIpc) is 2.88. The number of hydrogen-bond donors (Lipinski definition) is 0. The van der Waals surface area contributed by atoms with Crippen molar-refractivity contribution in [1.82, 2.24) is 19.6 Å². The van der Waals surface area contributed by atoms with Crippen molar-refractivity contribution in [2.45, 2.75) is 32.4 Å².